The van der Waals surface area contributed by atoms with Crippen LogP contribution in [-0.2, 0) is 31.9 Å². The summed E-state index contributed by atoms with van der Waals surface area (Å²) in [5.41, 5.74) is 3.98. The van der Waals surface area contributed by atoms with E-state index in [1.54, 1.807) is 31.9 Å². The second kappa shape index (κ2) is 14.9. The summed E-state index contributed by atoms with van der Waals surface area (Å²) >= 11 is 0. The van der Waals surface area contributed by atoms with Gasteiger partial charge in [-0.15, -0.1) is 10.2 Å². The van der Waals surface area contributed by atoms with Gasteiger partial charge in [0.2, 0.25) is 5.91 Å². The van der Waals surface area contributed by atoms with Crippen LogP contribution in [0.1, 0.15) is 81.3 Å². The summed E-state index contributed by atoms with van der Waals surface area (Å²) in [6.07, 6.45) is 17.6. The molecule has 11 heteroatoms. The van der Waals surface area contributed by atoms with Crippen molar-refractivity contribution in [3.8, 4) is 11.3 Å². The van der Waals surface area contributed by atoms with Gasteiger partial charge in [-0.3, -0.25) is 24.0 Å². The van der Waals surface area contributed by atoms with Gasteiger partial charge in [0.15, 0.2) is 5.65 Å². The van der Waals surface area contributed by atoms with Gasteiger partial charge in [0.25, 0.3) is 0 Å². The minimum Gasteiger partial charge on any atom is -0.460 e. The number of hydrogen-bond donors (Lipinski definition) is 1. The Hall–Kier alpha value is -4.25. The number of amides is 1. The van der Waals surface area contributed by atoms with Crippen molar-refractivity contribution in [2.24, 2.45) is 11.8 Å². The van der Waals surface area contributed by atoms with Crippen LogP contribution in [0.3, 0.4) is 0 Å². The van der Waals surface area contributed by atoms with E-state index in [1.807, 2.05) is 34.9 Å². The van der Waals surface area contributed by atoms with E-state index in [0.29, 0.717) is 43.3 Å². The largest absolute Gasteiger partial charge is 0.460 e. The monoisotopic (exact) mass is 625 g/mol. The molecule has 0 unspecified atom stereocenters. The number of pyridine rings is 2. The van der Waals surface area contributed by atoms with E-state index in [4.69, 9.17) is 14.5 Å². The topological polar surface area (TPSA) is 133 Å². The molecule has 5 heterocycles. The molecule has 6 rings (SSSR count). The van der Waals surface area contributed by atoms with Gasteiger partial charge in [0, 0.05) is 50.1 Å². The lowest BCUT2D eigenvalue weighted by Gasteiger charge is -2.31. The highest BCUT2D eigenvalue weighted by atomic mass is 16.6. The fourth-order valence-electron chi connectivity index (χ4n) is 6.95. The molecule has 0 aromatic carbocycles. The van der Waals surface area contributed by atoms with E-state index in [2.05, 4.69) is 32.4 Å². The number of cyclic esters (lactones) is 1. The van der Waals surface area contributed by atoms with Crippen molar-refractivity contribution < 1.29 is 19.1 Å². The van der Waals surface area contributed by atoms with Crippen molar-refractivity contribution in [1.29, 1.82) is 0 Å². The molecule has 46 heavy (non-hydrogen) atoms. The molecule has 1 saturated carbocycles. The maximum Gasteiger partial charge on any atom is 0.311 e. The molecule has 4 aromatic rings. The molecule has 242 valence electrons. The number of carbonyl (C=O) groups is 2. The average Bonchev–Trinajstić information content (AvgIpc) is 3.68. The summed E-state index contributed by atoms with van der Waals surface area (Å²) in [4.78, 5) is 40.8. The van der Waals surface area contributed by atoms with Gasteiger partial charge in [-0.25, -0.2) is 4.98 Å². The van der Waals surface area contributed by atoms with Gasteiger partial charge in [-0.2, -0.15) is 0 Å². The van der Waals surface area contributed by atoms with Crippen LogP contribution in [0.4, 0.5) is 0 Å². The number of ether oxygens (including phenoxy) is 2. The van der Waals surface area contributed by atoms with Crippen LogP contribution in [0, 0.1) is 11.8 Å². The van der Waals surface area contributed by atoms with Crippen LogP contribution in [0.15, 0.2) is 55.2 Å². The molecule has 1 aliphatic heterocycles. The Kier molecular flexibility index (Phi) is 10.3. The molecule has 0 bridgehead atoms. The fraction of sp³-hybridized carbons (Fsp3) is 0.514. The second-order valence-corrected chi connectivity index (χ2v) is 12.7. The molecule has 1 aliphatic carbocycles. The number of fused-ring (bicyclic) bond motifs is 1. The summed E-state index contributed by atoms with van der Waals surface area (Å²) < 4.78 is 13.1. The Bertz CT molecular complexity index is 1610. The van der Waals surface area contributed by atoms with Crippen molar-refractivity contribution in [2.45, 2.75) is 89.2 Å². The van der Waals surface area contributed by atoms with Gasteiger partial charge < -0.3 is 14.8 Å². The highest BCUT2D eigenvalue weighted by Crippen LogP contribution is 2.33. The van der Waals surface area contributed by atoms with E-state index in [9.17, 15) is 9.59 Å². The van der Waals surface area contributed by atoms with E-state index < -0.39 is 12.0 Å². The first-order valence-electron chi connectivity index (χ1n) is 16.6. The molecular formula is C35H43N7O4. The number of rotatable bonds is 13. The molecule has 4 atom stereocenters. The van der Waals surface area contributed by atoms with E-state index >= 15 is 0 Å². The van der Waals surface area contributed by atoms with Gasteiger partial charge in [-0.1, -0.05) is 51.5 Å². The number of nitrogens with one attached hydrogen (secondary N) is 1. The maximum absolute atomic E-state index is 14.5. The zero-order valence-electron chi connectivity index (χ0n) is 26.7. The quantitative estimate of drug-likeness (QED) is 0.206. The van der Waals surface area contributed by atoms with Crippen molar-refractivity contribution in [2.75, 3.05) is 13.7 Å². The molecule has 11 nitrogen and oxygen atoms in total. The Morgan fingerprint density at radius 3 is 2.63 bits per heavy atom. The third-order valence-electron chi connectivity index (χ3n) is 9.30. The Morgan fingerprint density at radius 1 is 1.11 bits per heavy atom. The lowest BCUT2D eigenvalue weighted by Crippen LogP contribution is -2.47. The van der Waals surface area contributed by atoms with E-state index in [-0.39, 0.29) is 23.8 Å². The third-order valence-corrected chi connectivity index (χ3v) is 9.30. The first-order valence-corrected chi connectivity index (χ1v) is 16.6. The second-order valence-electron chi connectivity index (χ2n) is 12.7. The Balaban J connectivity index is 1.37. The summed E-state index contributed by atoms with van der Waals surface area (Å²) in [6, 6.07) is 7.37. The summed E-state index contributed by atoms with van der Waals surface area (Å²) in [5, 5.41) is 12.6. The minimum absolute atomic E-state index is 0.179. The number of nitrogens with zero attached hydrogens (tertiary/aromatic N) is 6. The molecular weight excluding hydrogens is 582 g/mol. The van der Waals surface area contributed by atoms with Gasteiger partial charge in [0.1, 0.15) is 17.8 Å². The van der Waals surface area contributed by atoms with Crippen molar-refractivity contribution in [3.05, 3.63) is 72.3 Å². The average molecular weight is 626 g/mol. The molecule has 2 fully saturated rings. The number of aryl methyl sites for hydroxylation is 1. The molecule has 0 radical (unpaired) electrons. The number of aromatic nitrogens is 6. The zero-order chi connectivity index (χ0) is 31.9. The number of carbonyl (C=O) groups excluding carboxylic acids is 2. The van der Waals surface area contributed by atoms with Crippen LogP contribution in [0.25, 0.3) is 16.9 Å². The molecule has 1 saturated heterocycles. The molecule has 1 N–H and O–H groups in total. The van der Waals surface area contributed by atoms with Gasteiger partial charge in [-0.05, 0) is 48.9 Å². The highest BCUT2D eigenvalue weighted by Gasteiger charge is 2.41. The Labute approximate surface area is 269 Å². The minimum atomic E-state index is -0.682. The Morgan fingerprint density at radius 2 is 1.91 bits per heavy atom. The van der Waals surface area contributed by atoms with Crippen molar-refractivity contribution in [1.82, 2.24) is 34.9 Å². The standard InChI is InChI=1S/C35H43N7O4/c1-3-9-28-33-41-40-32(42(33)21-30(38-28)25-13-8-15-37-20-25)27(16-24-12-7-14-36-19-24)34(43)39-29(17-23-10-5-4-6-11-23)31-18-26(22-45-2)35(44)46-31/h7-8,12-15,19-21,23,26-27,29,31H,3-6,9-11,16-18,22H2,1-2H3,(H,39,43)/t26-,27+,29+,31+/m1/s1. The van der Waals surface area contributed by atoms with E-state index in [0.717, 1.165) is 48.2 Å². The maximum atomic E-state index is 14.5. The zero-order valence-corrected chi connectivity index (χ0v) is 26.7. The van der Waals surface area contributed by atoms with Gasteiger partial charge >= 0.3 is 5.97 Å². The predicted molar refractivity (Wildman–Crippen MR) is 172 cm³/mol. The first-order chi connectivity index (χ1) is 22.5. The van der Waals surface area contributed by atoms with Crippen LogP contribution in [-0.4, -0.2) is 67.3 Å². The molecule has 0 spiro atoms. The van der Waals surface area contributed by atoms with Crippen LogP contribution in [0.2, 0.25) is 0 Å². The van der Waals surface area contributed by atoms with Crippen molar-refractivity contribution >= 4 is 17.5 Å². The van der Waals surface area contributed by atoms with Crippen LogP contribution in [0.5, 0.6) is 0 Å². The normalized spacial score (nSPS) is 20.0. The first kappa shape index (κ1) is 31.7. The number of hydrogen-bond acceptors (Lipinski definition) is 9. The van der Waals surface area contributed by atoms with Crippen LogP contribution < -0.4 is 5.32 Å². The lowest BCUT2D eigenvalue weighted by atomic mass is 9.82. The lowest BCUT2D eigenvalue weighted by molar-refractivity contribution is -0.147. The fourth-order valence-corrected chi connectivity index (χ4v) is 6.95. The number of methoxy groups -OCH3 is 1. The summed E-state index contributed by atoms with van der Waals surface area (Å²) in [5.74, 6) is -0.458. The van der Waals surface area contributed by atoms with Gasteiger partial charge in [0.05, 0.1) is 30.0 Å². The molecule has 4 aromatic heterocycles. The highest BCUT2D eigenvalue weighted by molar-refractivity contribution is 5.84. The SMILES string of the molecule is CCCc1nc(-c2cccnc2)cn2c([C@H](Cc3cccnc3)C(=O)N[C@@H](CC3CCCCC3)[C@@H]3C[C@H](COC)C(=O)O3)nnc12. The summed E-state index contributed by atoms with van der Waals surface area (Å²) in [6.45, 7) is 2.41. The van der Waals surface area contributed by atoms with E-state index in [1.165, 1.54) is 19.3 Å². The van der Waals surface area contributed by atoms with Crippen LogP contribution >= 0.6 is 0 Å². The summed E-state index contributed by atoms with van der Waals surface area (Å²) in [7, 11) is 1.59. The molecule has 1 amide bonds. The molecule has 2 aliphatic rings. The predicted octanol–water partition coefficient (Wildman–Crippen LogP) is 4.89. The van der Waals surface area contributed by atoms with Crippen molar-refractivity contribution in [3.63, 3.8) is 0 Å². The smallest absolute Gasteiger partial charge is 0.311 e. The number of esters is 1. The third kappa shape index (κ3) is 7.25.